The lowest BCUT2D eigenvalue weighted by atomic mass is 9.86. The van der Waals surface area contributed by atoms with Gasteiger partial charge in [-0.3, -0.25) is 0 Å². The van der Waals surface area contributed by atoms with Gasteiger partial charge in [-0.2, -0.15) is 0 Å². The van der Waals surface area contributed by atoms with E-state index < -0.39 is 0 Å². The number of aromatic nitrogens is 1. The third kappa shape index (κ3) is 4.58. The standard InChI is InChI=1S/C39H41N3S/c1-7-25(8-2)32-19-18-29-31-22-27(17-20-35(31)43-39(29)41-32)38-40-33-15-11-12-16-34(33)42(38)37-30(23(3)4)21-26-13-9-10-14-28(26)36(37)24(5)6/h9-25,38,40H,7-8H2,1-6H3. The molecule has 0 saturated heterocycles. The molecular formula is C39H41N3S. The summed E-state index contributed by atoms with van der Waals surface area (Å²) in [4.78, 5) is 8.90. The number of nitrogens with one attached hydrogen (secondary N) is 1. The van der Waals surface area contributed by atoms with Crippen molar-refractivity contribution in [2.75, 3.05) is 10.2 Å². The number of anilines is 3. The maximum atomic E-state index is 5.16. The van der Waals surface area contributed by atoms with Gasteiger partial charge in [0.2, 0.25) is 0 Å². The Bertz CT molecular complexity index is 1960. The molecule has 0 amide bonds. The maximum absolute atomic E-state index is 5.16. The molecule has 7 rings (SSSR count). The number of nitrogens with zero attached hydrogens (tertiary/aromatic N) is 2. The number of rotatable bonds is 7. The van der Waals surface area contributed by atoms with Crippen molar-refractivity contribution in [3.05, 3.63) is 107 Å². The molecular weight excluding hydrogens is 543 g/mol. The fourth-order valence-electron chi connectivity index (χ4n) is 7.11. The van der Waals surface area contributed by atoms with Gasteiger partial charge in [0.25, 0.3) is 0 Å². The summed E-state index contributed by atoms with van der Waals surface area (Å²) in [6.07, 6.45) is 2.23. The van der Waals surface area contributed by atoms with E-state index in [0.29, 0.717) is 17.8 Å². The van der Waals surface area contributed by atoms with Gasteiger partial charge in [-0.15, -0.1) is 11.3 Å². The molecule has 1 atom stereocenters. The smallest absolute Gasteiger partial charge is 0.130 e. The molecule has 0 aliphatic carbocycles. The topological polar surface area (TPSA) is 28.2 Å². The van der Waals surface area contributed by atoms with Crippen molar-refractivity contribution in [1.29, 1.82) is 0 Å². The minimum atomic E-state index is -0.0234. The van der Waals surface area contributed by atoms with Gasteiger partial charge in [0, 0.05) is 27.1 Å². The number of benzene rings is 4. The van der Waals surface area contributed by atoms with E-state index in [1.165, 1.54) is 65.7 Å². The molecule has 0 fully saturated rings. The number of hydrogen-bond donors (Lipinski definition) is 1. The van der Waals surface area contributed by atoms with Crippen molar-refractivity contribution in [2.24, 2.45) is 0 Å². The first-order valence-electron chi connectivity index (χ1n) is 15.9. The fourth-order valence-corrected chi connectivity index (χ4v) is 8.17. The molecule has 0 spiro atoms. The van der Waals surface area contributed by atoms with Crippen molar-refractivity contribution in [2.45, 2.75) is 78.3 Å². The Labute approximate surface area is 259 Å². The van der Waals surface area contributed by atoms with E-state index in [9.17, 15) is 0 Å². The molecule has 0 bridgehead atoms. The second-order valence-corrected chi connectivity index (χ2v) is 13.7. The van der Waals surface area contributed by atoms with Gasteiger partial charge < -0.3 is 10.2 Å². The van der Waals surface area contributed by atoms with Crippen LogP contribution in [0.15, 0.2) is 84.9 Å². The van der Waals surface area contributed by atoms with Crippen LogP contribution in [0.25, 0.3) is 31.1 Å². The zero-order chi connectivity index (χ0) is 29.8. The number of hydrogen-bond acceptors (Lipinski definition) is 4. The zero-order valence-corrected chi connectivity index (χ0v) is 26.9. The molecule has 4 aromatic carbocycles. The van der Waals surface area contributed by atoms with Crippen LogP contribution in [0.2, 0.25) is 0 Å². The molecule has 0 radical (unpaired) electrons. The first-order chi connectivity index (χ1) is 20.9. The lowest BCUT2D eigenvalue weighted by Crippen LogP contribution is -2.26. The first kappa shape index (κ1) is 27.9. The van der Waals surface area contributed by atoms with Crippen LogP contribution in [0, 0.1) is 0 Å². The maximum Gasteiger partial charge on any atom is 0.130 e. The third-order valence-corrected chi connectivity index (χ3v) is 10.4. The summed E-state index contributed by atoms with van der Waals surface area (Å²) in [6, 6.07) is 31.7. The van der Waals surface area contributed by atoms with Gasteiger partial charge in [0.1, 0.15) is 11.0 Å². The predicted octanol–water partition coefficient (Wildman–Crippen LogP) is 12.0. The van der Waals surface area contributed by atoms with Crippen molar-refractivity contribution < 1.29 is 0 Å². The van der Waals surface area contributed by atoms with Crippen LogP contribution in [-0.2, 0) is 0 Å². The third-order valence-electron chi connectivity index (χ3n) is 9.35. The Hall–Kier alpha value is -3.89. The van der Waals surface area contributed by atoms with Gasteiger partial charge in [-0.1, -0.05) is 84.0 Å². The van der Waals surface area contributed by atoms with Crippen LogP contribution < -0.4 is 10.2 Å². The Morgan fingerprint density at radius 3 is 2.33 bits per heavy atom. The summed E-state index contributed by atoms with van der Waals surface area (Å²) < 4.78 is 1.30. The molecule has 1 aliphatic heterocycles. The molecule has 2 aromatic heterocycles. The van der Waals surface area contributed by atoms with Crippen LogP contribution in [0.3, 0.4) is 0 Å². The first-order valence-corrected chi connectivity index (χ1v) is 16.7. The number of fused-ring (bicyclic) bond motifs is 5. The van der Waals surface area contributed by atoms with E-state index in [1.54, 1.807) is 0 Å². The summed E-state index contributed by atoms with van der Waals surface area (Å²) in [5, 5.41) is 9.16. The highest BCUT2D eigenvalue weighted by Crippen LogP contribution is 2.52. The van der Waals surface area contributed by atoms with E-state index in [1.807, 2.05) is 11.3 Å². The highest BCUT2D eigenvalue weighted by atomic mass is 32.1. The summed E-state index contributed by atoms with van der Waals surface area (Å²) >= 11 is 1.82. The monoisotopic (exact) mass is 583 g/mol. The minimum absolute atomic E-state index is 0.0234. The van der Waals surface area contributed by atoms with E-state index in [0.717, 1.165) is 17.7 Å². The lowest BCUT2D eigenvalue weighted by molar-refractivity contribution is 0.626. The van der Waals surface area contributed by atoms with E-state index in [-0.39, 0.29) is 6.17 Å². The summed E-state index contributed by atoms with van der Waals surface area (Å²) in [7, 11) is 0. The Balaban J connectivity index is 1.44. The van der Waals surface area contributed by atoms with Crippen LogP contribution in [-0.4, -0.2) is 4.98 Å². The number of thiophene rings is 1. The van der Waals surface area contributed by atoms with Crippen LogP contribution in [0.1, 0.15) is 101 Å². The molecule has 3 heterocycles. The highest BCUT2D eigenvalue weighted by Gasteiger charge is 2.35. The summed E-state index contributed by atoms with van der Waals surface area (Å²) in [5.41, 5.74) is 9.07. The molecule has 1 aliphatic rings. The van der Waals surface area contributed by atoms with Crippen molar-refractivity contribution in [3.8, 4) is 0 Å². The van der Waals surface area contributed by atoms with E-state index >= 15 is 0 Å². The minimum Gasteiger partial charge on any atom is -0.359 e. The number of para-hydroxylation sites is 2. The predicted molar refractivity (Wildman–Crippen MR) is 188 cm³/mol. The molecule has 6 aromatic rings. The Morgan fingerprint density at radius 1 is 0.791 bits per heavy atom. The largest absolute Gasteiger partial charge is 0.359 e. The molecule has 0 saturated carbocycles. The molecule has 3 nitrogen and oxygen atoms in total. The molecule has 1 N–H and O–H groups in total. The van der Waals surface area contributed by atoms with E-state index in [4.69, 9.17) is 4.98 Å². The van der Waals surface area contributed by atoms with Gasteiger partial charge in [0.15, 0.2) is 0 Å². The highest BCUT2D eigenvalue weighted by molar-refractivity contribution is 7.25. The molecule has 1 unspecified atom stereocenters. The van der Waals surface area contributed by atoms with Gasteiger partial charge in [-0.25, -0.2) is 4.98 Å². The van der Waals surface area contributed by atoms with Gasteiger partial charge in [-0.05, 0) is 94.6 Å². The van der Waals surface area contributed by atoms with Crippen LogP contribution in [0.5, 0.6) is 0 Å². The second kappa shape index (κ2) is 11.0. The van der Waals surface area contributed by atoms with Crippen molar-refractivity contribution in [3.63, 3.8) is 0 Å². The summed E-state index contributed by atoms with van der Waals surface area (Å²) in [6.45, 7) is 13.9. The second-order valence-electron chi connectivity index (χ2n) is 12.7. The van der Waals surface area contributed by atoms with Crippen molar-refractivity contribution >= 4 is 59.5 Å². The Kier molecular flexibility index (Phi) is 7.13. The Morgan fingerprint density at radius 2 is 1.56 bits per heavy atom. The lowest BCUT2D eigenvalue weighted by Gasteiger charge is -2.34. The van der Waals surface area contributed by atoms with Gasteiger partial charge in [0.05, 0.1) is 17.1 Å². The molecule has 43 heavy (non-hydrogen) atoms. The normalized spacial score (nSPS) is 15.0. The zero-order valence-electron chi connectivity index (χ0n) is 26.1. The van der Waals surface area contributed by atoms with E-state index in [2.05, 4.69) is 137 Å². The number of pyridine rings is 1. The van der Waals surface area contributed by atoms with Gasteiger partial charge >= 0.3 is 0 Å². The summed E-state index contributed by atoms with van der Waals surface area (Å²) in [5.74, 6) is 1.27. The fraction of sp³-hybridized carbons (Fsp3) is 0.308. The quantitative estimate of drug-likeness (QED) is 0.203. The molecule has 218 valence electrons. The van der Waals surface area contributed by atoms with Crippen LogP contribution >= 0.6 is 11.3 Å². The average Bonchev–Trinajstić information content (AvgIpc) is 3.58. The molecule has 4 heteroatoms. The van der Waals surface area contributed by atoms with Crippen LogP contribution in [0.4, 0.5) is 17.1 Å². The SMILES string of the molecule is CCC(CC)c1ccc2c(n1)sc1ccc(C3Nc4ccccc4N3c3c(C(C)C)cc4ccccc4c3C(C)C)cc12. The van der Waals surface area contributed by atoms with Crippen molar-refractivity contribution in [1.82, 2.24) is 4.98 Å². The average molecular weight is 584 g/mol.